The molecule has 1 N–H and O–H groups in total. The topological polar surface area (TPSA) is 37.4 Å². The summed E-state index contributed by atoms with van der Waals surface area (Å²) in [6, 6.07) is 4.34. The summed E-state index contributed by atoms with van der Waals surface area (Å²) in [6.07, 6.45) is 5.39. The van der Waals surface area contributed by atoms with E-state index < -0.39 is 0 Å². The lowest BCUT2D eigenvalue weighted by Gasteiger charge is -2.31. The number of hydrogen-bond donors (Lipinski definition) is 1. The van der Waals surface area contributed by atoms with E-state index in [1.807, 2.05) is 6.20 Å². The summed E-state index contributed by atoms with van der Waals surface area (Å²) in [5.41, 5.74) is 2.43. The molecule has 4 nitrogen and oxygen atoms in total. The Kier molecular flexibility index (Phi) is 4.11. The summed E-state index contributed by atoms with van der Waals surface area (Å²) in [6.45, 7) is 7.12. The van der Waals surface area contributed by atoms with E-state index in [0.717, 1.165) is 32.7 Å². The highest BCUT2D eigenvalue weighted by atomic mass is 16.5. The molecule has 2 fully saturated rings. The van der Waals surface area contributed by atoms with Crippen LogP contribution < -0.4 is 5.32 Å². The largest absolute Gasteiger partial charge is 0.372 e. The molecule has 1 aromatic rings. The summed E-state index contributed by atoms with van der Waals surface area (Å²) < 4.78 is 5.86. The van der Waals surface area contributed by atoms with Gasteiger partial charge in [0.1, 0.15) is 0 Å². The van der Waals surface area contributed by atoms with E-state index >= 15 is 0 Å². The number of fused-ring (bicyclic) bond motifs is 2. The fourth-order valence-electron chi connectivity index (χ4n) is 2.98. The minimum Gasteiger partial charge on any atom is -0.372 e. The van der Waals surface area contributed by atoms with Crippen molar-refractivity contribution in [2.45, 2.75) is 45.1 Å². The van der Waals surface area contributed by atoms with Gasteiger partial charge in [-0.2, -0.15) is 0 Å². The number of aromatic nitrogens is 1. The Balaban J connectivity index is 1.54. The molecule has 2 atom stereocenters. The SMILES string of the molecule is CCNCc1ccc(CN2CC3CCC(C2)O3)nc1. The average Bonchev–Trinajstić information content (AvgIpc) is 2.77. The Bertz CT molecular complexity index is 394. The van der Waals surface area contributed by atoms with E-state index in [9.17, 15) is 0 Å². The predicted molar refractivity (Wildman–Crippen MR) is 74.8 cm³/mol. The van der Waals surface area contributed by atoms with Crippen LogP contribution in [0.5, 0.6) is 0 Å². The number of likely N-dealkylation sites (tertiary alicyclic amines) is 1. The van der Waals surface area contributed by atoms with Crippen LogP contribution in [0.2, 0.25) is 0 Å². The minimum atomic E-state index is 0.465. The van der Waals surface area contributed by atoms with Gasteiger partial charge in [0, 0.05) is 32.4 Å². The van der Waals surface area contributed by atoms with Crippen molar-refractivity contribution < 1.29 is 4.74 Å². The molecule has 0 saturated carbocycles. The zero-order valence-electron chi connectivity index (χ0n) is 11.6. The molecular formula is C15H23N3O. The molecule has 1 aromatic heterocycles. The highest BCUT2D eigenvalue weighted by Crippen LogP contribution is 2.26. The quantitative estimate of drug-likeness (QED) is 0.873. The van der Waals surface area contributed by atoms with Crippen molar-refractivity contribution in [1.29, 1.82) is 0 Å². The van der Waals surface area contributed by atoms with Gasteiger partial charge < -0.3 is 10.1 Å². The number of hydrogen-bond acceptors (Lipinski definition) is 4. The van der Waals surface area contributed by atoms with Gasteiger partial charge in [-0.25, -0.2) is 0 Å². The first-order valence-corrected chi connectivity index (χ1v) is 7.36. The monoisotopic (exact) mass is 261 g/mol. The van der Waals surface area contributed by atoms with Crippen LogP contribution >= 0.6 is 0 Å². The van der Waals surface area contributed by atoms with Crippen LogP contribution in [0.1, 0.15) is 31.0 Å². The Hall–Kier alpha value is -0.970. The molecule has 2 aliphatic rings. The zero-order chi connectivity index (χ0) is 13.1. The van der Waals surface area contributed by atoms with Crippen molar-refractivity contribution in [3.8, 4) is 0 Å². The van der Waals surface area contributed by atoms with E-state index in [4.69, 9.17) is 4.74 Å². The number of morpholine rings is 1. The smallest absolute Gasteiger partial charge is 0.0707 e. The Labute approximate surface area is 115 Å². The van der Waals surface area contributed by atoms with Gasteiger partial charge in [0.05, 0.1) is 17.9 Å². The number of pyridine rings is 1. The Morgan fingerprint density at radius 1 is 1.32 bits per heavy atom. The number of rotatable bonds is 5. The van der Waals surface area contributed by atoms with Crippen LogP contribution in [-0.2, 0) is 17.8 Å². The van der Waals surface area contributed by atoms with E-state index in [2.05, 4.69) is 34.3 Å². The van der Waals surface area contributed by atoms with Crippen molar-refractivity contribution in [2.75, 3.05) is 19.6 Å². The van der Waals surface area contributed by atoms with Crippen LogP contribution in [0.25, 0.3) is 0 Å². The van der Waals surface area contributed by atoms with Gasteiger partial charge >= 0.3 is 0 Å². The van der Waals surface area contributed by atoms with Gasteiger partial charge in [-0.15, -0.1) is 0 Å². The van der Waals surface area contributed by atoms with Crippen LogP contribution in [0.3, 0.4) is 0 Å². The number of nitrogens with zero attached hydrogens (tertiary/aromatic N) is 2. The van der Waals surface area contributed by atoms with Gasteiger partial charge in [0.15, 0.2) is 0 Å². The number of ether oxygens (including phenoxy) is 1. The van der Waals surface area contributed by atoms with Crippen molar-refractivity contribution in [1.82, 2.24) is 15.2 Å². The molecule has 4 heteroatoms. The van der Waals surface area contributed by atoms with Crippen molar-refractivity contribution in [3.63, 3.8) is 0 Å². The molecule has 2 aliphatic heterocycles. The van der Waals surface area contributed by atoms with Crippen LogP contribution in [0.15, 0.2) is 18.3 Å². The maximum Gasteiger partial charge on any atom is 0.0707 e. The standard InChI is InChI=1S/C15H23N3O/c1-2-16-7-12-3-4-13(17-8-12)9-18-10-14-5-6-15(11-18)19-14/h3-4,8,14-16H,2,5-7,9-11H2,1H3. The molecule has 0 spiro atoms. The first kappa shape index (κ1) is 13.0. The third-order valence-electron chi connectivity index (χ3n) is 3.97. The van der Waals surface area contributed by atoms with Crippen molar-refractivity contribution in [2.24, 2.45) is 0 Å². The summed E-state index contributed by atoms with van der Waals surface area (Å²) in [5, 5.41) is 3.32. The fraction of sp³-hybridized carbons (Fsp3) is 0.667. The predicted octanol–water partition coefficient (Wildman–Crippen LogP) is 1.55. The molecule has 0 aliphatic carbocycles. The molecule has 19 heavy (non-hydrogen) atoms. The first-order valence-electron chi connectivity index (χ1n) is 7.36. The van der Waals surface area contributed by atoms with Gasteiger partial charge in [-0.3, -0.25) is 9.88 Å². The van der Waals surface area contributed by atoms with Crippen LogP contribution in [0, 0.1) is 0 Å². The molecular weight excluding hydrogens is 238 g/mol. The molecule has 2 saturated heterocycles. The third kappa shape index (κ3) is 3.32. The Morgan fingerprint density at radius 2 is 2.11 bits per heavy atom. The zero-order valence-corrected chi connectivity index (χ0v) is 11.6. The van der Waals surface area contributed by atoms with E-state index in [0.29, 0.717) is 12.2 Å². The molecule has 0 radical (unpaired) electrons. The van der Waals surface area contributed by atoms with E-state index in [1.165, 1.54) is 24.1 Å². The molecule has 0 aromatic carbocycles. The normalized spacial score (nSPS) is 26.8. The van der Waals surface area contributed by atoms with Gasteiger partial charge in [-0.05, 0) is 31.0 Å². The minimum absolute atomic E-state index is 0.465. The second-order valence-electron chi connectivity index (χ2n) is 5.59. The van der Waals surface area contributed by atoms with Crippen molar-refractivity contribution in [3.05, 3.63) is 29.6 Å². The lowest BCUT2D eigenvalue weighted by Crippen LogP contribution is -2.42. The summed E-state index contributed by atoms with van der Waals surface area (Å²) in [4.78, 5) is 7.06. The van der Waals surface area contributed by atoms with Crippen molar-refractivity contribution >= 4 is 0 Å². The van der Waals surface area contributed by atoms with Gasteiger partial charge in [-0.1, -0.05) is 13.0 Å². The first-order chi connectivity index (χ1) is 9.33. The lowest BCUT2D eigenvalue weighted by molar-refractivity contribution is -0.0413. The van der Waals surface area contributed by atoms with E-state index in [-0.39, 0.29) is 0 Å². The molecule has 2 bridgehead atoms. The number of nitrogens with one attached hydrogen (secondary N) is 1. The third-order valence-corrected chi connectivity index (χ3v) is 3.97. The maximum atomic E-state index is 5.86. The second-order valence-corrected chi connectivity index (χ2v) is 5.59. The molecule has 3 rings (SSSR count). The Morgan fingerprint density at radius 3 is 2.74 bits per heavy atom. The summed E-state index contributed by atoms with van der Waals surface area (Å²) in [7, 11) is 0. The molecule has 3 heterocycles. The van der Waals surface area contributed by atoms with Gasteiger partial charge in [0.25, 0.3) is 0 Å². The molecule has 104 valence electrons. The molecule has 0 amide bonds. The van der Waals surface area contributed by atoms with Gasteiger partial charge in [0.2, 0.25) is 0 Å². The highest BCUT2D eigenvalue weighted by molar-refractivity contribution is 5.14. The fourth-order valence-corrected chi connectivity index (χ4v) is 2.98. The lowest BCUT2D eigenvalue weighted by atomic mass is 10.2. The second kappa shape index (κ2) is 5.99. The van der Waals surface area contributed by atoms with Crippen LogP contribution in [0.4, 0.5) is 0 Å². The maximum absolute atomic E-state index is 5.86. The summed E-state index contributed by atoms with van der Waals surface area (Å²) >= 11 is 0. The van der Waals surface area contributed by atoms with E-state index in [1.54, 1.807) is 0 Å². The van der Waals surface area contributed by atoms with Crippen LogP contribution in [-0.4, -0.2) is 41.7 Å². The molecule has 2 unspecified atom stereocenters. The highest BCUT2D eigenvalue weighted by Gasteiger charge is 2.33. The summed E-state index contributed by atoms with van der Waals surface area (Å²) in [5.74, 6) is 0. The average molecular weight is 261 g/mol.